The molecule has 0 radical (unpaired) electrons. The lowest BCUT2D eigenvalue weighted by Crippen LogP contribution is -2.12. The topological polar surface area (TPSA) is 24.9 Å². The fourth-order valence-electron chi connectivity index (χ4n) is 1.57. The summed E-state index contributed by atoms with van der Waals surface area (Å²) in [6.07, 6.45) is 8.95. The molecule has 0 atom stereocenters. The van der Waals surface area contributed by atoms with Gasteiger partial charge in [0.05, 0.1) is 0 Å². The quantitative estimate of drug-likeness (QED) is 0.803. The van der Waals surface area contributed by atoms with E-state index in [-0.39, 0.29) is 0 Å². The van der Waals surface area contributed by atoms with Gasteiger partial charge in [-0.05, 0) is 29.3 Å². The van der Waals surface area contributed by atoms with Gasteiger partial charge < -0.3 is 5.32 Å². The third kappa shape index (κ3) is 3.44. The standard InChI is InChI=1S/C15H14N2/c1-2-13-5-7-14(8-6-13)10-17-12-15-4-3-9-16-11-15/h1,3-9,11,17H,10,12H2. The van der Waals surface area contributed by atoms with Crippen molar-refractivity contribution in [2.75, 3.05) is 0 Å². The normalized spacial score (nSPS) is 9.82. The Morgan fingerprint density at radius 1 is 1.06 bits per heavy atom. The summed E-state index contributed by atoms with van der Waals surface area (Å²) in [6, 6.07) is 12.0. The van der Waals surface area contributed by atoms with E-state index < -0.39 is 0 Å². The van der Waals surface area contributed by atoms with Gasteiger partial charge in [0.15, 0.2) is 0 Å². The minimum atomic E-state index is 0.824. The van der Waals surface area contributed by atoms with Crippen LogP contribution in [-0.4, -0.2) is 4.98 Å². The third-order valence-corrected chi connectivity index (χ3v) is 2.50. The van der Waals surface area contributed by atoms with E-state index >= 15 is 0 Å². The fourth-order valence-corrected chi connectivity index (χ4v) is 1.57. The van der Waals surface area contributed by atoms with Gasteiger partial charge in [0.1, 0.15) is 0 Å². The minimum absolute atomic E-state index is 0.824. The van der Waals surface area contributed by atoms with Crippen LogP contribution in [0.2, 0.25) is 0 Å². The zero-order valence-corrected chi connectivity index (χ0v) is 9.56. The Morgan fingerprint density at radius 3 is 2.47 bits per heavy atom. The van der Waals surface area contributed by atoms with Crippen molar-refractivity contribution in [3.05, 3.63) is 65.5 Å². The highest BCUT2D eigenvalue weighted by molar-refractivity contribution is 5.34. The van der Waals surface area contributed by atoms with Crippen molar-refractivity contribution in [1.29, 1.82) is 0 Å². The van der Waals surface area contributed by atoms with E-state index in [0.717, 1.165) is 18.7 Å². The highest BCUT2D eigenvalue weighted by Crippen LogP contribution is 2.03. The second kappa shape index (κ2) is 5.83. The molecule has 0 saturated carbocycles. The smallest absolute Gasteiger partial charge is 0.0312 e. The van der Waals surface area contributed by atoms with Crippen molar-refractivity contribution in [3.63, 3.8) is 0 Å². The Morgan fingerprint density at radius 2 is 1.82 bits per heavy atom. The summed E-state index contributed by atoms with van der Waals surface area (Å²) in [5.74, 6) is 2.61. The molecule has 17 heavy (non-hydrogen) atoms. The number of hydrogen-bond acceptors (Lipinski definition) is 2. The molecule has 2 aromatic rings. The summed E-state index contributed by atoms with van der Waals surface area (Å²) in [5.41, 5.74) is 3.33. The lowest BCUT2D eigenvalue weighted by atomic mass is 10.1. The maximum absolute atomic E-state index is 5.30. The number of nitrogens with one attached hydrogen (secondary N) is 1. The van der Waals surface area contributed by atoms with Crippen LogP contribution in [0.25, 0.3) is 0 Å². The molecule has 0 spiro atoms. The fraction of sp³-hybridized carbons (Fsp3) is 0.133. The van der Waals surface area contributed by atoms with E-state index in [2.05, 4.69) is 22.3 Å². The second-order valence-corrected chi connectivity index (χ2v) is 3.81. The van der Waals surface area contributed by atoms with E-state index in [1.54, 1.807) is 6.20 Å². The first-order valence-electron chi connectivity index (χ1n) is 5.53. The van der Waals surface area contributed by atoms with Crippen LogP contribution in [0.3, 0.4) is 0 Å². The number of rotatable bonds is 4. The predicted octanol–water partition coefficient (Wildman–Crippen LogP) is 2.35. The monoisotopic (exact) mass is 222 g/mol. The van der Waals surface area contributed by atoms with Crippen molar-refractivity contribution < 1.29 is 0 Å². The molecule has 2 heteroatoms. The third-order valence-electron chi connectivity index (χ3n) is 2.50. The molecule has 2 nitrogen and oxygen atoms in total. The largest absolute Gasteiger partial charge is 0.309 e. The van der Waals surface area contributed by atoms with Gasteiger partial charge in [0.25, 0.3) is 0 Å². The molecule has 1 heterocycles. The average molecular weight is 222 g/mol. The number of pyridine rings is 1. The Labute approximate surface area is 102 Å². The number of aromatic nitrogens is 1. The van der Waals surface area contributed by atoms with Crippen LogP contribution in [0.15, 0.2) is 48.8 Å². The summed E-state index contributed by atoms with van der Waals surface area (Å²) in [7, 11) is 0. The molecule has 0 amide bonds. The van der Waals surface area contributed by atoms with Gasteiger partial charge >= 0.3 is 0 Å². The average Bonchev–Trinajstić information content (AvgIpc) is 2.41. The summed E-state index contributed by atoms with van der Waals surface area (Å²) in [6.45, 7) is 1.66. The SMILES string of the molecule is C#Cc1ccc(CNCc2cccnc2)cc1. The van der Waals surface area contributed by atoms with Crippen molar-refractivity contribution in [1.82, 2.24) is 10.3 Å². The molecule has 0 aliphatic heterocycles. The molecular weight excluding hydrogens is 208 g/mol. The van der Waals surface area contributed by atoms with Crippen molar-refractivity contribution in [2.45, 2.75) is 13.1 Å². The number of benzene rings is 1. The van der Waals surface area contributed by atoms with Crippen LogP contribution in [0, 0.1) is 12.3 Å². The van der Waals surface area contributed by atoms with Gasteiger partial charge in [0.2, 0.25) is 0 Å². The maximum Gasteiger partial charge on any atom is 0.0312 e. The van der Waals surface area contributed by atoms with Crippen LogP contribution in [0.5, 0.6) is 0 Å². The van der Waals surface area contributed by atoms with Gasteiger partial charge in [-0.3, -0.25) is 4.98 Å². The molecule has 1 aromatic heterocycles. The molecule has 84 valence electrons. The summed E-state index contributed by atoms with van der Waals surface area (Å²) in [5, 5.41) is 3.36. The van der Waals surface area contributed by atoms with Gasteiger partial charge in [-0.2, -0.15) is 0 Å². The summed E-state index contributed by atoms with van der Waals surface area (Å²) in [4.78, 5) is 4.07. The first kappa shape index (κ1) is 11.4. The molecule has 0 unspecified atom stereocenters. The molecule has 0 aliphatic rings. The molecule has 1 aromatic carbocycles. The number of nitrogens with zero attached hydrogens (tertiary/aromatic N) is 1. The predicted molar refractivity (Wildman–Crippen MR) is 69.2 cm³/mol. The van der Waals surface area contributed by atoms with Crippen molar-refractivity contribution >= 4 is 0 Å². The van der Waals surface area contributed by atoms with E-state index in [0.29, 0.717) is 0 Å². The molecule has 0 saturated heterocycles. The number of hydrogen-bond donors (Lipinski definition) is 1. The van der Waals surface area contributed by atoms with Crippen LogP contribution in [0.4, 0.5) is 0 Å². The van der Waals surface area contributed by atoms with Gasteiger partial charge in [-0.15, -0.1) is 6.42 Å². The van der Waals surface area contributed by atoms with Crippen LogP contribution < -0.4 is 5.32 Å². The highest BCUT2D eigenvalue weighted by atomic mass is 14.8. The first-order chi connectivity index (χ1) is 8.38. The molecule has 0 fully saturated rings. The zero-order valence-electron chi connectivity index (χ0n) is 9.56. The summed E-state index contributed by atoms with van der Waals surface area (Å²) >= 11 is 0. The van der Waals surface area contributed by atoms with Gasteiger partial charge in [-0.1, -0.05) is 24.1 Å². The second-order valence-electron chi connectivity index (χ2n) is 3.81. The van der Waals surface area contributed by atoms with Crippen LogP contribution in [-0.2, 0) is 13.1 Å². The minimum Gasteiger partial charge on any atom is -0.309 e. The molecule has 2 rings (SSSR count). The van der Waals surface area contributed by atoms with Gasteiger partial charge in [0, 0.05) is 31.0 Å². The Hall–Kier alpha value is -2.11. The summed E-state index contributed by atoms with van der Waals surface area (Å²) < 4.78 is 0. The van der Waals surface area contributed by atoms with E-state index in [9.17, 15) is 0 Å². The number of terminal acetylenes is 1. The lowest BCUT2D eigenvalue weighted by molar-refractivity contribution is 0.691. The lowest BCUT2D eigenvalue weighted by Gasteiger charge is -2.04. The van der Waals surface area contributed by atoms with Crippen LogP contribution in [0.1, 0.15) is 16.7 Å². The van der Waals surface area contributed by atoms with E-state index in [1.807, 2.05) is 36.5 Å². The zero-order chi connectivity index (χ0) is 11.9. The maximum atomic E-state index is 5.30. The molecular formula is C15H14N2. The highest BCUT2D eigenvalue weighted by Gasteiger charge is 1.94. The Kier molecular flexibility index (Phi) is 3.90. The van der Waals surface area contributed by atoms with Crippen molar-refractivity contribution in [3.8, 4) is 12.3 Å². The Bertz CT molecular complexity index is 495. The molecule has 0 aliphatic carbocycles. The molecule has 1 N–H and O–H groups in total. The van der Waals surface area contributed by atoms with E-state index in [4.69, 9.17) is 6.42 Å². The van der Waals surface area contributed by atoms with Crippen molar-refractivity contribution in [2.24, 2.45) is 0 Å². The van der Waals surface area contributed by atoms with E-state index in [1.165, 1.54) is 11.1 Å². The van der Waals surface area contributed by atoms with Crippen LogP contribution >= 0.6 is 0 Å². The Balaban J connectivity index is 1.84. The molecule has 0 bridgehead atoms. The van der Waals surface area contributed by atoms with Gasteiger partial charge in [-0.25, -0.2) is 0 Å². The first-order valence-corrected chi connectivity index (χ1v) is 5.53.